The molecule has 0 aliphatic heterocycles. The third kappa shape index (κ3) is 4.06. The highest BCUT2D eigenvalue weighted by molar-refractivity contribution is 7.92. The molecule has 0 saturated heterocycles. The van der Waals surface area contributed by atoms with Crippen molar-refractivity contribution in [3.63, 3.8) is 0 Å². The van der Waals surface area contributed by atoms with Crippen molar-refractivity contribution in [1.29, 1.82) is 0 Å². The predicted octanol–water partition coefficient (Wildman–Crippen LogP) is 2.04. The number of aryl methyl sites for hydroxylation is 1. The van der Waals surface area contributed by atoms with E-state index in [1.165, 1.54) is 29.7 Å². The van der Waals surface area contributed by atoms with Gasteiger partial charge in [0.25, 0.3) is 11.5 Å². The molecule has 0 aliphatic carbocycles. The Morgan fingerprint density at radius 2 is 1.87 bits per heavy atom. The summed E-state index contributed by atoms with van der Waals surface area (Å²) < 4.78 is 51.4. The minimum atomic E-state index is -3.92. The molecule has 2 N–H and O–H groups in total. The van der Waals surface area contributed by atoms with Crippen LogP contribution in [-0.4, -0.2) is 40.1 Å². The summed E-state index contributed by atoms with van der Waals surface area (Å²) in [6, 6.07) is 7.62. The zero-order chi connectivity index (χ0) is 23.0. The van der Waals surface area contributed by atoms with Crippen LogP contribution < -0.4 is 11.0 Å². The van der Waals surface area contributed by atoms with Gasteiger partial charge < -0.3 is 0 Å². The molecule has 0 radical (unpaired) electrons. The Bertz CT molecular complexity index is 1320. The first kappa shape index (κ1) is 22.5. The molecule has 1 amide bonds. The summed E-state index contributed by atoms with van der Waals surface area (Å²) in [7, 11) is -3.92. The van der Waals surface area contributed by atoms with Crippen LogP contribution in [0.3, 0.4) is 0 Å². The summed E-state index contributed by atoms with van der Waals surface area (Å²) in [4.78, 5) is 28.8. The predicted molar refractivity (Wildman–Crippen MR) is 109 cm³/mol. The molecule has 8 nitrogen and oxygen atoms in total. The monoisotopic (exact) mass is 451 g/mol. The van der Waals surface area contributed by atoms with E-state index >= 15 is 0 Å². The number of nitrogens with one attached hydrogen (secondary N) is 1. The molecular weight excluding hydrogens is 432 g/mol. The molecule has 0 bridgehead atoms. The zero-order valence-corrected chi connectivity index (χ0v) is 17.4. The van der Waals surface area contributed by atoms with E-state index in [2.05, 4.69) is 4.98 Å². The van der Waals surface area contributed by atoms with Gasteiger partial charge in [-0.05, 0) is 43.2 Å². The van der Waals surface area contributed by atoms with Crippen LogP contribution in [0.5, 0.6) is 0 Å². The molecule has 164 valence electrons. The Hall–Kier alpha value is -3.18. The number of amides is 1. The molecule has 3 aromatic rings. The molecular formula is C20H19F2N3O5S. The normalized spacial score (nSPS) is 13.7. The largest absolute Gasteiger partial charge is 0.299 e. The number of halogens is 2. The highest BCUT2D eigenvalue weighted by atomic mass is 32.2. The molecule has 3 rings (SSSR count). The van der Waals surface area contributed by atoms with Crippen molar-refractivity contribution < 1.29 is 27.2 Å². The smallest absolute Gasteiger partial charge is 0.264 e. The minimum Gasteiger partial charge on any atom is -0.299 e. The first-order chi connectivity index (χ1) is 14.5. The van der Waals surface area contributed by atoms with E-state index in [9.17, 15) is 26.8 Å². The number of hydroxylamine groups is 1. The van der Waals surface area contributed by atoms with E-state index in [1.54, 1.807) is 0 Å². The number of carbonyl (C=O) groups is 1. The summed E-state index contributed by atoms with van der Waals surface area (Å²) in [5.74, 6) is -2.63. The van der Waals surface area contributed by atoms with Gasteiger partial charge in [-0.15, -0.1) is 0 Å². The maximum absolute atomic E-state index is 14.1. The van der Waals surface area contributed by atoms with E-state index in [-0.39, 0.29) is 35.0 Å². The number of carbonyl (C=O) groups excluding carboxylic acids is 1. The number of rotatable bonds is 6. The van der Waals surface area contributed by atoms with Gasteiger partial charge in [0.15, 0.2) is 14.6 Å². The molecule has 1 aromatic heterocycles. The van der Waals surface area contributed by atoms with Gasteiger partial charge in [-0.1, -0.05) is 12.1 Å². The van der Waals surface area contributed by atoms with E-state index in [0.29, 0.717) is 0 Å². The van der Waals surface area contributed by atoms with Crippen LogP contribution in [0.1, 0.15) is 13.3 Å². The van der Waals surface area contributed by atoms with Crippen LogP contribution in [0.15, 0.2) is 47.5 Å². The number of benzene rings is 2. The van der Waals surface area contributed by atoms with E-state index in [0.717, 1.165) is 36.2 Å². The minimum absolute atomic E-state index is 0.149. The Morgan fingerprint density at radius 3 is 2.45 bits per heavy atom. The van der Waals surface area contributed by atoms with Crippen LogP contribution in [0.25, 0.3) is 22.0 Å². The second kappa shape index (κ2) is 8.16. The average Bonchev–Trinajstić information content (AvgIpc) is 2.71. The van der Waals surface area contributed by atoms with Crippen LogP contribution in [0, 0.1) is 11.6 Å². The summed E-state index contributed by atoms with van der Waals surface area (Å²) in [5.41, 5.74) is 0.978. The average molecular weight is 451 g/mol. The Labute approximate surface area is 176 Å². The lowest BCUT2D eigenvalue weighted by Crippen LogP contribution is -2.50. The van der Waals surface area contributed by atoms with E-state index < -0.39 is 37.7 Å². The fourth-order valence-electron chi connectivity index (χ4n) is 3.17. The molecule has 0 fully saturated rings. The van der Waals surface area contributed by atoms with Crippen molar-refractivity contribution in [2.75, 3.05) is 6.26 Å². The number of sulfone groups is 1. The molecule has 11 heteroatoms. The zero-order valence-electron chi connectivity index (χ0n) is 16.6. The summed E-state index contributed by atoms with van der Waals surface area (Å²) in [6.45, 7) is 0.963. The highest BCUT2D eigenvalue weighted by Crippen LogP contribution is 2.28. The van der Waals surface area contributed by atoms with Crippen LogP contribution >= 0.6 is 0 Å². The van der Waals surface area contributed by atoms with Gasteiger partial charge in [0.05, 0.1) is 22.8 Å². The Morgan fingerprint density at radius 1 is 1.23 bits per heavy atom. The lowest BCUT2D eigenvalue weighted by molar-refractivity contribution is -0.131. The van der Waals surface area contributed by atoms with Gasteiger partial charge in [-0.2, -0.15) is 0 Å². The summed E-state index contributed by atoms with van der Waals surface area (Å²) >= 11 is 0. The van der Waals surface area contributed by atoms with Crippen LogP contribution in [-0.2, 0) is 21.2 Å². The number of hydrogen-bond acceptors (Lipinski definition) is 6. The van der Waals surface area contributed by atoms with Gasteiger partial charge >= 0.3 is 0 Å². The molecule has 1 heterocycles. The highest BCUT2D eigenvalue weighted by Gasteiger charge is 2.43. The molecule has 2 aromatic carbocycles. The van der Waals surface area contributed by atoms with Gasteiger partial charge in [0.2, 0.25) is 0 Å². The Kier molecular flexibility index (Phi) is 5.92. The topological polar surface area (TPSA) is 118 Å². The van der Waals surface area contributed by atoms with Crippen molar-refractivity contribution in [3.05, 3.63) is 64.7 Å². The molecule has 1 unspecified atom stereocenters. The maximum atomic E-state index is 14.1. The second-order valence-corrected chi connectivity index (χ2v) is 9.71. The Balaban J connectivity index is 1.99. The van der Waals surface area contributed by atoms with Crippen molar-refractivity contribution in [3.8, 4) is 11.1 Å². The van der Waals surface area contributed by atoms with E-state index in [4.69, 9.17) is 5.21 Å². The van der Waals surface area contributed by atoms with Crippen molar-refractivity contribution >= 4 is 26.6 Å². The third-order valence-electron chi connectivity index (χ3n) is 5.31. The third-order valence-corrected chi connectivity index (χ3v) is 7.33. The quantitative estimate of drug-likeness (QED) is 0.437. The SMILES string of the molecule is CC(CCn1cnc2cc(-c3c(F)cccc3F)ccc2c1=O)(C(=O)NO)S(C)(=O)=O. The van der Waals surface area contributed by atoms with Gasteiger partial charge in [-0.25, -0.2) is 27.7 Å². The maximum Gasteiger partial charge on any atom is 0.264 e. The second-order valence-electron chi connectivity index (χ2n) is 7.27. The molecule has 0 saturated carbocycles. The van der Waals surface area contributed by atoms with E-state index in [1.807, 2.05) is 0 Å². The fourth-order valence-corrected chi connectivity index (χ4v) is 4.01. The van der Waals surface area contributed by atoms with Gasteiger partial charge in [0.1, 0.15) is 11.6 Å². The molecule has 31 heavy (non-hydrogen) atoms. The molecule has 0 spiro atoms. The lowest BCUT2D eigenvalue weighted by Gasteiger charge is -2.25. The van der Waals surface area contributed by atoms with Crippen molar-refractivity contribution in [1.82, 2.24) is 15.0 Å². The summed E-state index contributed by atoms with van der Waals surface area (Å²) in [5, 5.41) is 9.04. The van der Waals surface area contributed by atoms with Crippen molar-refractivity contribution in [2.45, 2.75) is 24.6 Å². The molecule has 1 atom stereocenters. The number of fused-ring (bicyclic) bond motifs is 1. The molecule has 0 aliphatic rings. The number of nitrogens with zero attached hydrogens (tertiary/aromatic N) is 2. The number of aromatic nitrogens is 2. The first-order valence-electron chi connectivity index (χ1n) is 9.07. The standard InChI is InChI=1S/C20H19F2N3O5S/c1-20(19(27)24-28,31(2,29)30)8-9-25-11-23-16-10-12(6-7-13(16)18(25)26)17-14(21)4-3-5-15(17)22/h3-7,10-11,28H,8-9H2,1-2H3,(H,24,27). The van der Waals surface area contributed by atoms with Crippen LogP contribution in [0.2, 0.25) is 0 Å². The van der Waals surface area contributed by atoms with Crippen molar-refractivity contribution in [2.24, 2.45) is 0 Å². The fraction of sp³-hybridized carbons (Fsp3) is 0.250. The lowest BCUT2D eigenvalue weighted by atomic mass is 10.0. The van der Waals surface area contributed by atoms with Gasteiger partial charge in [-0.3, -0.25) is 19.4 Å². The van der Waals surface area contributed by atoms with Gasteiger partial charge in [0, 0.05) is 12.8 Å². The van der Waals surface area contributed by atoms with Crippen LogP contribution in [0.4, 0.5) is 8.78 Å². The first-order valence-corrected chi connectivity index (χ1v) is 11.0. The summed E-state index contributed by atoms with van der Waals surface area (Å²) in [6.07, 6.45) is 1.71. The number of hydrogen-bond donors (Lipinski definition) is 2.